The van der Waals surface area contributed by atoms with Crippen molar-refractivity contribution >= 4 is 46.2 Å². The third-order valence-electron chi connectivity index (χ3n) is 10.6. The summed E-state index contributed by atoms with van der Waals surface area (Å²) in [6.07, 6.45) is 1.92. The van der Waals surface area contributed by atoms with E-state index in [1.54, 1.807) is 12.1 Å². The normalized spacial score (nSPS) is 12.6. The molecule has 1 radical (unpaired) electrons. The minimum absolute atomic E-state index is 0. The SMILES string of the molecule is CC(C)c1cccc(C(C)C)c1-n1c(-c2[c-]ccc3c2oc2cc(-c4ccccc4)ccc23)nc2ccccc21.[2H]C([2H])([2H])c1c[c-]c(-c2ccc([Si](C)(C)C)cn2)cc1.[Ir]. The van der Waals surface area contributed by atoms with Crippen molar-refractivity contribution in [1.29, 1.82) is 0 Å². The van der Waals surface area contributed by atoms with Gasteiger partial charge in [-0.15, -0.1) is 53.6 Å². The second-order valence-corrected chi connectivity index (χ2v) is 21.4. The zero-order valence-corrected chi connectivity index (χ0v) is 37.4. The van der Waals surface area contributed by atoms with Crippen molar-refractivity contribution in [3.63, 3.8) is 0 Å². The topological polar surface area (TPSA) is 43.9 Å². The van der Waals surface area contributed by atoms with Crippen LogP contribution in [0.4, 0.5) is 0 Å². The van der Waals surface area contributed by atoms with Gasteiger partial charge in [-0.25, -0.2) is 0 Å². The van der Waals surface area contributed by atoms with Crippen LogP contribution in [-0.4, -0.2) is 22.6 Å². The summed E-state index contributed by atoms with van der Waals surface area (Å²) in [7, 11) is -1.34. The Balaban J connectivity index is 0.000000226. The molecule has 3 heterocycles. The molecule has 0 spiro atoms. The molecule has 0 aliphatic carbocycles. The van der Waals surface area contributed by atoms with E-state index in [2.05, 4.69) is 166 Å². The monoisotopic (exact) mass is 955 g/mol. The Labute approximate surface area is 361 Å². The van der Waals surface area contributed by atoms with Crippen LogP contribution in [0.15, 0.2) is 144 Å². The van der Waals surface area contributed by atoms with Gasteiger partial charge in [-0.05, 0) is 63.2 Å². The molecule has 9 aromatic rings. The average Bonchev–Trinajstić information content (AvgIpc) is 3.82. The fraction of sp³-hybridized carbons (Fsp3) is 0.192. The van der Waals surface area contributed by atoms with Crippen molar-refractivity contribution in [3.8, 4) is 39.5 Å². The second kappa shape index (κ2) is 16.8. The maximum absolute atomic E-state index is 7.35. The second-order valence-electron chi connectivity index (χ2n) is 16.3. The molecule has 0 amide bonds. The molecule has 6 aromatic carbocycles. The van der Waals surface area contributed by atoms with E-state index in [-0.39, 0.29) is 20.1 Å². The molecule has 0 atom stereocenters. The fourth-order valence-corrected chi connectivity index (χ4v) is 8.52. The zero-order chi connectivity index (χ0) is 42.3. The van der Waals surface area contributed by atoms with E-state index in [4.69, 9.17) is 13.5 Å². The van der Waals surface area contributed by atoms with Crippen molar-refractivity contribution in [2.75, 3.05) is 0 Å². The first-order chi connectivity index (χ1) is 28.7. The summed E-state index contributed by atoms with van der Waals surface area (Å²) in [5.41, 5.74) is 12.7. The van der Waals surface area contributed by atoms with Gasteiger partial charge < -0.3 is 14.0 Å². The van der Waals surface area contributed by atoms with Gasteiger partial charge in [0.05, 0.1) is 30.5 Å². The summed E-state index contributed by atoms with van der Waals surface area (Å²) in [4.78, 5) is 9.69. The van der Waals surface area contributed by atoms with Crippen LogP contribution < -0.4 is 5.19 Å². The maximum atomic E-state index is 7.35. The molecule has 9 rings (SSSR count). The average molecular weight is 955 g/mol. The van der Waals surface area contributed by atoms with Crippen LogP contribution in [-0.2, 0) is 20.1 Å². The van der Waals surface area contributed by atoms with E-state index in [1.807, 2.05) is 24.4 Å². The van der Waals surface area contributed by atoms with Crippen molar-refractivity contribution < 1.29 is 28.6 Å². The van der Waals surface area contributed by atoms with Gasteiger partial charge >= 0.3 is 0 Å². The first kappa shape index (κ1) is 36.9. The summed E-state index contributed by atoms with van der Waals surface area (Å²) in [5, 5.41) is 3.47. The Hall–Kier alpha value is -5.39. The molecular formula is C52H49IrN3OSi-2. The van der Waals surface area contributed by atoms with E-state index in [0.29, 0.717) is 17.4 Å². The number of hydrogen-bond donors (Lipinski definition) is 0. The van der Waals surface area contributed by atoms with Gasteiger partial charge in [0.15, 0.2) is 0 Å². The number of rotatable bonds is 7. The third kappa shape index (κ3) is 8.02. The van der Waals surface area contributed by atoms with Crippen molar-refractivity contribution in [2.45, 2.75) is 66.0 Å². The van der Waals surface area contributed by atoms with Crippen LogP contribution in [0.25, 0.3) is 72.4 Å². The van der Waals surface area contributed by atoms with Gasteiger partial charge in [0.1, 0.15) is 5.58 Å². The number of nitrogens with zero attached hydrogens (tertiary/aromatic N) is 3. The van der Waals surface area contributed by atoms with E-state index < -0.39 is 14.9 Å². The zero-order valence-electron chi connectivity index (χ0n) is 37.0. The van der Waals surface area contributed by atoms with Crippen LogP contribution in [0.5, 0.6) is 0 Å². The molecule has 0 aliphatic rings. The number of imidazole rings is 1. The van der Waals surface area contributed by atoms with Crippen molar-refractivity contribution in [1.82, 2.24) is 14.5 Å². The molecule has 0 unspecified atom stereocenters. The summed E-state index contributed by atoms with van der Waals surface area (Å²) < 4.78 is 31.0. The summed E-state index contributed by atoms with van der Waals surface area (Å²) >= 11 is 0. The molecule has 0 saturated carbocycles. The van der Waals surface area contributed by atoms with E-state index >= 15 is 0 Å². The molecule has 293 valence electrons. The number of aryl methyl sites for hydroxylation is 1. The molecule has 0 saturated heterocycles. The van der Waals surface area contributed by atoms with Crippen LogP contribution in [0.3, 0.4) is 0 Å². The van der Waals surface area contributed by atoms with E-state index in [0.717, 1.165) is 61.2 Å². The van der Waals surface area contributed by atoms with Gasteiger partial charge in [0.25, 0.3) is 0 Å². The van der Waals surface area contributed by atoms with Gasteiger partial charge in [0, 0.05) is 41.5 Å². The molecule has 3 aromatic heterocycles. The first-order valence-corrected chi connectivity index (χ1v) is 23.2. The molecule has 58 heavy (non-hydrogen) atoms. The van der Waals surface area contributed by atoms with E-state index in [1.165, 1.54) is 33.6 Å². The number of benzene rings is 6. The van der Waals surface area contributed by atoms with Crippen LogP contribution in [0, 0.1) is 19.0 Å². The molecule has 0 N–H and O–H groups in total. The van der Waals surface area contributed by atoms with Crippen molar-refractivity contribution in [2.24, 2.45) is 0 Å². The third-order valence-corrected chi connectivity index (χ3v) is 12.6. The largest absolute Gasteiger partial charge is 0.501 e. The molecule has 4 nitrogen and oxygen atoms in total. The Morgan fingerprint density at radius 1 is 0.724 bits per heavy atom. The Morgan fingerprint density at radius 2 is 1.47 bits per heavy atom. The minimum Gasteiger partial charge on any atom is -0.501 e. The number of hydrogen-bond acceptors (Lipinski definition) is 3. The number of aromatic nitrogens is 3. The van der Waals surface area contributed by atoms with Crippen molar-refractivity contribution in [3.05, 3.63) is 168 Å². The molecule has 0 fully saturated rings. The summed E-state index contributed by atoms with van der Waals surface area (Å²) in [6, 6.07) is 51.6. The van der Waals surface area contributed by atoms with Gasteiger partial charge in [-0.2, -0.15) is 0 Å². The molecule has 0 aliphatic heterocycles. The predicted molar refractivity (Wildman–Crippen MR) is 242 cm³/mol. The first-order valence-electron chi connectivity index (χ1n) is 21.2. The Kier molecular flexibility index (Phi) is 10.7. The molecular weight excluding hydrogens is 903 g/mol. The fourth-order valence-electron chi connectivity index (χ4n) is 7.49. The standard InChI is InChI=1S/C37H31N2O.C15H18NSi.Ir/c1-23(2)27-14-10-15-28(24(3)4)35(27)39-33-19-9-8-18-32(33)38-37(39)31-17-11-16-30-29-21-20-26(22-34(29)40-36(30)31)25-12-6-5-7-13-25;1-12-5-7-13(8-6-12)15-10-9-14(11-16-15)17(2,3)4;/h5-16,18-24H,1-4H3;5-7,9-11H,1-4H3;/q2*-1;/i;1D3;. The summed E-state index contributed by atoms with van der Waals surface area (Å²) in [6.45, 7) is 13.8. The predicted octanol–water partition coefficient (Wildman–Crippen LogP) is 13.7. The minimum atomic E-state index is -2.08. The van der Waals surface area contributed by atoms with Gasteiger partial charge in [-0.3, -0.25) is 4.98 Å². The smallest absolute Gasteiger partial charge is 0.121 e. The Morgan fingerprint density at radius 3 is 2.12 bits per heavy atom. The molecule has 6 heteroatoms. The maximum Gasteiger partial charge on any atom is 0.121 e. The quantitative estimate of drug-likeness (QED) is 0.118. The number of para-hydroxylation sites is 3. The number of furan rings is 1. The van der Waals surface area contributed by atoms with Crippen LogP contribution >= 0.6 is 0 Å². The number of pyridine rings is 1. The van der Waals surface area contributed by atoms with Crippen LogP contribution in [0.2, 0.25) is 19.6 Å². The molecule has 0 bridgehead atoms. The van der Waals surface area contributed by atoms with E-state index in [9.17, 15) is 0 Å². The van der Waals surface area contributed by atoms with Gasteiger partial charge in [-0.1, -0.05) is 150 Å². The summed E-state index contributed by atoms with van der Waals surface area (Å²) in [5.74, 6) is 1.55. The number of fused-ring (bicyclic) bond motifs is 4. The van der Waals surface area contributed by atoms with Gasteiger partial charge in [0.2, 0.25) is 0 Å². The van der Waals surface area contributed by atoms with Crippen LogP contribution in [0.1, 0.15) is 60.3 Å². The Bertz CT molecular complexity index is 2860.